The van der Waals surface area contributed by atoms with Crippen molar-refractivity contribution in [1.82, 2.24) is 5.32 Å². The monoisotopic (exact) mass is 398 g/mol. The molecule has 0 amide bonds. The van der Waals surface area contributed by atoms with E-state index in [1.807, 2.05) is 30.5 Å². The molecule has 0 aliphatic carbocycles. The number of nitrogens with zero attached hydrogens (tertiary/aromatic N) is 1. The van der Waals surface area contributed by atoms with Crippen molar-refractivity contribution in [3.8, 4) is 0 Å². The van der Waals surface area contributed by atoms with Crippen LogP contribution in [0.4, 0.5) is 0 Å². The molecule has 2 nitrogen and oxygen atoms in total. The van der Waals surface area contributed by atoms with E-state index in [-0.39, 0.29) is 24.0 Å². The minimum absolute atomic E-state index is 0. The molecule has 106 valence electrons. The van der Waals surface area contributed by atoms with Crippen LogP contribution in [-0.4, -0.2) is 11.4 Å². The van der Waals surface area contributed by atoms with Gasteiger partial charge in [0.05, 0.1) is 6.54 Å². The molecule has 0 aromatic heterocycles. The van der Waals surface area contributed by atoms with Crippen LogP contribution in [0.2, 0.25) is 0 Å². The van der Waals surface area contributed by atoms with Crippen LogP contribution in [0.5, 0.6) is 0 Å². The van der Waals surface area contributed by atoms with E-state index in [4.69, 9.17) is 0 Å². The quantitative estimate of drug-likeness (QED) is 0.472. The maximum atomic E-state index is 4.60. The maximum absolute atomic E-state index is 4.60. The van der Waals surface area contributed by atoms with Crippen LogP contribution in [0.15, 0.2) is 65.7 Å². The Labute approximate surface area is 142 Å². The second-order valence-corrected chi connectivity index (χ2v) is 4.95. The first-order valence-corrected chi connectivity index (χ1v) is 7.51. The van der Waals surface area contributed by atoms with Crippen molar-refractivity contribution in [2.24, 2.45) is 4.99 Å². The topological polar surface area (TPSA) is 24.4 Å². The standard InChI is InChI=1S/C16H18N2S.HI/c1-19-16(17-12-14-8-4-2-5-9-14)18-13-15-10-6-3-7-11-15;/h2-11H,12-13H2,1H3,(H,17,18);1H. The fraction of sp³-hybridized carbons (Fsp3) is 0.188. The highest BCUT2D eigenvalue weighted by Crippen LogP contribution is 2.05. The number of rotatable bonds is 4. The molecule has 0 fully saturated rings. The Morgan fingerprint density at radius 3 is 2.05 bits per heavy atom. The van der Waals surface area contributed by atoms with Gasteiger partial charge in [-0.15, -0.1) is 24.0 Å². The molecule has 0 radical (unpaired) electrons. The molecule has 2 rings (SSSR count). The molecule has 0 aliphatic rings. The predicted octanol–water partition coefficient (Wildman–Crippen LogP) is 4.31. The molecule has 0 unspecified atom stereocenters. The van der Waals surface area contributed by atoms with Crippen LogP contribution in [0.1, 0.15) is 11.1 Å². The summed E-state index contributed by atoms with van der Waals surface area (Å²) in [4.78, 5) is 4.60. The van der Waals surface area contributed by atoms with E-state index in [1.54, 1.807) is 11.8 Å². The van der Waals surface area contributed by atoms with E-state index in [0.717, 1.165) is 18.3 Å². The summed E-state index contributed by atoms with van der Waals surface area (Å²) in [5, 5.41) is 4.35. The smallest absolute Gasteiger partial charge is 0.156 e. The van der Waals surface area contributed by atoms with Gasteiger partial charge in [-0.1, -0.05) is 72.4 Å². The number of halogens is 1. The molecule has 2 aromatic rings. The summed E-state index contributed by atoms with van der Waals surface area (Å²) in [7, 11) is 0. The summed E-state index contributed by atoms with van der Waals surface area (Å²) in [5.41, 5.74) is 2.50. The first kappa shape index (κ1) is 17.0. The number of aliphatic imine (C=N–C) groups is 1. The first-order chi connectivity index (χ1) is 9.38. The Morgan fingerprint density at radius 1 is 0.950 bits per heavy atom. The van der Waals surface area contributed by atoms with Crippen molar-refractivity contribution in [2.75, 3.05) is 6.26 Å². The number of hydrogen-bond donors (Lipinski definition) is 1. The molecule has 0 spiro atoms. The molecule has 0 saturated heterocycles. The van der Waals surface area contributed by atoms with Gasteiger partial charge >= 0.3 is 0 Å². The molecular formula is C16H19IN2S. The second-order valence-electron chi connectivity index (χ2n) is 4.15. The maximum Gasteiger partial charge on any atom is 0.156 e. The van der Waals surface area contributed by atoms with Crippen LogP contribution >= 0.6 is 35.7 Å². The van der Waals surface area contributed by atoms with Crippen molar-refractivity contribution >= 4 is 40.9 Å². The highest BCUT2D eigenvalue weighted by molar-refractivity contribution is 14.0. The number of amidine groups is 1. The van der Waals surface area contributed by atoms with Crippen LogP contribution < -0.4 is 5.32 Å². The fourth-order valence-corrected chi connectivity index (χ4v) is 2.12. The normalized spacial score (nSPS) is 10.8. The van der Waals surface area contributed by atoms with Crippen molar-refractivity contribution in [3.63, 3.8) is 0 Å². The zero-order valence-corrected chi connectivity index (χ0v) is 14.6. The Bertz CT molecular complexity index is 515. The minimum atomic E-state index is 0. The molecule has 0 saturated carbocycles. The van der Waals surface area contributed by atoms with Gasteiger partial charge in [0.2, 0.25) is 0 Å². The highest BCUT2D eigenvalue weighted by atomic mass is 127. The minimum Gasteiger partial charge on any atom is -0.361 e. The lowest BCUT2D eigenvalue weighted by Crippen LogP contribution is -2.19. The third kappa shape index (κ3) is 5.96. The lowest BCUT2D eigenvalue weighted by Gasteiger charge is -2.07. The van der Waals surface area contributed by atoms with Gasteiger partial charge in [-0.3, -0.25) is 4.99 Å². The van der Waals surface area contributed by atoms with Gasteiger partial charge in [-0.25, -0.2) is 0 Å². The summed E-state index contributed by atoms with van der Waals surface area (Å²) in [6.45, 7) is 1.54. The van der Waals surface area contributed by atoms with Gasteiger partial charge in [-0.2, -0.15) is 0 Å². The van der Waals surface area contributed by atoms with Crippen LogP contribution in [-0.2, 0) is 13.1 Å². The van der Waals surface area contributed by atoms with Gasteiger partial charge < -0.3 is 5.32 Å². The molecule has 1 N–H and O–H groups in total. The summed E-state index contributed by atoms with van der Waals surface area (Å²) in [5.74, 6) is 0. The molecule has 20 heavy (non-hydrogen) atoms. The third-order valence-corrected chi connectivity index (χ3v) is 3.39. The Balaban J connectivity index is 0.00000200. The van der Waals surface area contributed by atoms with E-state index in [0.29, 0.717) is 0 Å². The van der Waals surface area contributed by atoms with Crippen molar-refractivity contribution < 1.29 is 0 Å². The Morgan fingerprint density at radius 2 is 1.50 bits per heavy atom. The van der Waals surface area contributed by atoms with Gasteiger partial charge in [0.1, 0.15) is 0 Å². The zero-order chi connectivity index (χ0) is 13.3. The molecular weight excluding hydrogens is 379 g/mol. The van der Waals surface area contributed by atoms with Crippen molar-refractivity contribution in [3.05, 3.63) is 71.8 Å². The molecule has 2 aromatic carbocycles. The average molecular weight is 398 g/mol. The average Bonchev–Trinajstić information content (AvgIpc) is 2.49. The van der Waals surface area contributed by atoms with E-state index in [2.05, 4.69) is 46.7 Å². The Hall–Kier alpha value is -1.01. The van der Waals surface area contributed by atoms with Crippen molar-refractivity contribution in [1.29, 1.82) is 0 Å². The largest absolute Gasteiger partial charge is 0.361 e. The second kappa shape index (κ2) is 9.83. The summed E-state index contributed by atoms with van der Waals surface area (Å²) >= 11 is 1.65. The molecule has 0 aliphatic heterocycles. The van der Waals surface area contributed by atoms with E-state index in [9.17, 15) is 0 Å². The zero-order valence-electron chi connectivity index (χ0n) is 11.5. The number of thioether (sulfide) groups is 1. The number of nitrogens with one attached hydrogen (secondary N) is 1. The van der Waals surface area contributed by atoms with Crippen LogP contribution in [0.25, 0.3) is 0 Å². The van der Waals surface area contributed by atoms with Gasteiger partial charge in [0, 0.05) is 6.54 Å². The van der Waals surface area contributed by atoms with E-state index in [1.165, 1.54) is 11.1 Å². The molecule has 0 atom stereocenters. The van der Waals surface area contributed by atoms with Gasteiger partial charge in [-0.05, 0) is 17.4 Å². The lowest BCUT2D eigenvalue weighted by atomic mass is 10.2. The molecule has 4 heteroatoms. The first-order valence-electron chi connectivity index (χ1n) is 6.28. The third-order valence-electron chi connectivity index (χ3n) is 2.73. The lowest BCUT2D eigenvalue weighted by molar-refractivity contribution is 0.911. The summed E-state index contributed by atoms with van der Waals surface area (Å²) in [6.07, 6.45) is 2.04. The fourth-order valence-electron chi connectivity index (χ4n) is 1.71. The van der Waals surface area contributed by atoms with Gasteiger partial charge in [0.25, 0.3) is 0 Å². The van der Waals surface area contributed by atoms with E-state index >= 15 is 0 Å². The van der Waals surface area contributed by atoms with Crippen LogP contribution in [0.3, 0.4) is 0 Å². The van der Waals surface area contributed by atoms with Gasteiger partial charge in [0.15, 0.2) is 5.17 Å². The van der Waals surface area contributed by atoms with E-state index < -0.39 is 0 Å². The predicted molar refractivity (Wildman–Crippen MR) is 99.8 cm³/mol. The number of hydrogen-bond acceptors (Lipinski definition) is 2. The summed E-state index contributed by atoms with van der Waals surface area (Å²) in [6, 6.07) is 20.7. The SMILES string of the molecule is CSC(=NCc1ccccc1)NCc1ccccc1.I. The van der Waals surface area contributed by atoms with Crippen LogP contribution in [0, 0.1) is 0 Å². The molecule has 0 bridgehead atoms. The molecule has 0 heterocycles. The van der Waals surface area contributed by atoms with Crippen molar-refractivity contribution in [2.45, 2.75) is 13.1 Å². The summed E-state index contributed by atoms with van der Waals surface area (Å²) < 4.78 is 0. The number of benzene rings is 2. The highest BCUT2D eigenvalue weighted by Gasteiger charge is 1.97. The Kier molecular flexibility index (Phi) is 8.37.